The van der Waals surface area contributed by atoms with Crippen LogP contribution in [0.15, 0.2) is 36.7 Å². The highest BCUT2D eigenvalue weighted by atomic mass is 16.5. The fourth-order valence-corrected chi connectivity index (χ4v) is 3.73. The van der Waals surface area contributed by atoms with Crippen molar-refractivity contribution in [2.24, 2.45) is 13.0 Å². The van der Waals surface area contributed by atoms with Crippen LogP contribution in [0.1, 0.15) is 18.7 Å². The number of carbonyl (C=O) groups excluding carboxylic acids is 2. The number of likely N-dealkylation sites (tertiary alicyclic amines) is 1. The third-order valence-corrected chi connectivity index (χ3v) is 5.42. The van der Waals surface area contributed by atoms with E-state index < -0.39 is 0 Å². The minimum Gasteiger partial charge on any atom is -0.497 e. The minimum absolute atomic E-state index is 0.0168. The van der Waals surface area contributed by atoms with Gasteiger partial charge in [0, 0.05) is 44.6 Å². The molecule has 0 bridgehead atoms. The topological polar surface area (TPSA) is 97.7 Å². The fourth-order valence-electron chi connectivity index (χ4n) is 3.73. The van der Waals surface area contributed by atoms with Crippen LogP contribution in [-0.4, -0.2) is 66.2 Å². The Balaban J connectivity index is 1.45. The average Bonchev–Trinajstić information content (AvgIpc) is 3.08. The number of carbonyl (C=O) groups is 2. The van der Waals surface area contributed by atoms with Gasteiger partial charge in [0.1, 0.15) is 17.3 Å². The average molecular weight is 430 g/mol. The van der Waals surface area contributed by atoms with E-state index in [0.717, 1.165) is 12.2 Å². The molecule has 1 aliphatic heterocycles. The molecule has 2 aromatic rings. The van der Waals surface area contributed by atoms with Gasteiger partial charge in [-0.2, -0.15) is 0 Å². The highest BCUT2D eigenvalue weighted by molar-refractivity contribution is 5.79. The maximum absolute atomic E-state index is 12.7. The summed E-state index contributed by atoms with van der Waals surface area (Å²) in [5, 5.41) is 6.01. The summed E-state index contributed by atoms with van der Waals surface area (Å²) in [5.74, 6) is 1.78. The lowest BCUT2D eigenvalue weighted by Crippen LogP contribution is -2.43. The van der Waals surface area contributed by atoms with E-state index in [9.17, 15) is 9.59 Å². The van der Waals surface area contributed by atoms with Gasteiger partial charge in [0.15, 0.2) is 6.61 Å². The Labute approximate surface area is 182 Å². The molecule has 1 fully saturated rings. The van der Waals surface area contributed by atoms with Gasteiger partial charge in [0.05, 0.1) is 19.6 Å². The lowest BCUT2D eigenvalue weighted by Gasteiger charge is -2.22. The molecule has 3 rings (SSSR count). The van der Waals surface area contributed by atoms with Crippen molar-refractivity contribution in [3.63, 3.8) is 0 Å². The third kappa shape index (κ3) is 6.71. The van der Waals surface area contributed by atoms with Crippen molar-refractivity contribution in [2.75, 3.05) is 33.9 Å². The summed E-state index contributed by atoms with van der Waals surface area (Å²) in [4.78, 5) is 31.3. The van der Waals surface area contributed by atoms with Crippen molar-refractivity contribution in [3.05, 3.63) is 42.5 Å². The van der Waals surface area contributed by atoms with Crippen LogP contribution < -0.4 is 20.1 Å². The van der Waals surface area contributed by atoms with Gasteiger partial charge >= 0.3 is 0 Å². The van der Waals surface area contributed by atoms with Gasteiger partial charge in [-0.1, -0.05) is 6.07 Å². The van der Waals surface area contributed by atoms with Crippen LogP contribution >= 0.6 is 0 Å². The van der Waals surface area contributed by atoms with Crippen molar-refractivity contribution >= 4 is 11.8 Å². The van der Waals surface area contributed by atoms with E-state index in [1.807, 2.05) is 37.0 Å². The standard InChI is InChI=1S/C22H31N5O4/c1-26-13-16(22(29)24-12-20-23-9-10-27(20)2)7-8-17(14-26)25-21(28)15-31-19-6-4-5-18(11-19)30-3/h4-6,9-11,16-17H,7-8,12-15H2,1-3H3,(H,24,29)(H,25,28)/t16-,17+/m1/s1. The summed E-state index contributed by atoms with van der Waals surface area (Å²) in [6.45, 7) is 1.68. The predicted molar refractivity (Wildman–Crippen MR) is 116 cm³/mol. The van der Waals surface area contributed by atoms with Gasteiger partial charge in [-0.15, -0.1) is 0 Å². The highest BCUT2D eigenvalue weighted by Crippen LogP contribution is 2.19. The zero-order valence-corrected chi connectivity index (χ0v) is 18.3. The van der Waals surface area contributed by atoms with Crippen molar-refractivity contribution in [1.82, 2.24) is 25.1 Å². The summed E-state index contributed by atoms with van der Waals surface area (Å²) in [7, 11) is 5.45. The number of amides is 2. The van der Waals surface area contributed by atoms with E-state index in [4.69, 9.17) is 9.47 Å². The van der Waals surface area contributed by atoms with Crippen LogP contribution in [0.4, 0.5) is 0 Å². The Morgan fingerprint density at radius 3 is 2.74 bits per heavy atom. The molecule has 0 aliphatic carbocycles. The molecular weight excluding hydrogens is 398 g/mol. The molecule has 2 heterocycles. The molecule has 168 valence electrons. The first-order valence-electron chi connectivity index (χ1n) is 10.4. The molecule has 2 amide bonds. The molecule has 0 unspecified atom stereocenters. The second-order valence-electron chi connectivity index (χ2n) is 7.90. The lowest BCUT2D eigenvalue weighted by atomic mass is 10.0. The molecule has 31 heavy (non-hydrogen) atoms. The second kappa shape index (κ2) is 10.8. The van der Waals surface area contributed by atoms with E-state index >= 15 is 0 Å². The van der Waals surface area contributed by atoms with Crippen LogP contribution in [0.25, 0.3) is 0 Å². The molecule has 1 saturated heterocycles. The zero-order chi connectivity index (χ0) is 22.2. The predicted octanol–water partition coefficient (Wildman–Crippen LogP) is 0.951. The Bertz CT molecular complexity index is 884. The molecule has 2 N–H and O–H groups in total. The number of hydrogen-bond acceptors (Lipinski definition) is 6. The number of hydrogen-bond donors (Lipinski definition) is 2. The lowest BCUT2D eigenvalue weighted by molar-refractivity contribution is -0.125. The van der Waals surface area contributed by atoms with Crippen LogP contribution in [0.2, 0.25) is 0 Å². The number of rotatable bonds is 8. The van der Waals surface area contributed by atoms with Gasteiger partial charge in [-0.25, -0.2) is 4.98 Å². The number of likely N-dealkylation sites (N-methyl/N-ethyl adjacent to an activating group) is 1. The van der Waals surface area contributed by atoms with Crippen molar-refractivity contribution < 1.29 is 19.1 Å². The van der Waals surface area contributed by atoms with E-state index in [1.165, 1.54) is 0 Å². The van der Waals surface area contributed by atoms with Crippen LogP contribution in [0.3, 0.4) is 0 Å². The smallest absolute Gasteiger partial charge is 0.258 e. The SMILES string of the molecule is COc1cccc(OCC(=O)N[C@H]2CC[C@@H](C(=O)NCc3nccn3C)CN(C)C2)c1. The molecule has 1 aromatic heterocycles. The maximum Gasteiger partial charge on any atom is 0.258 e. The van der Waals surface area contributed by atoms with E-state index in [1.54, 1.807) is 25.4 Å². The fraction of sp³-hybridized carbons (Fsp3) is 0.500. The Hall–Kier alpha value is -3.07. The molecule has 9 heteroatoms. The highest BCUT2D eigenvalue weighted by Gasteiger charge is 2.27. The van der Waals surface area contributed by atoms with Crippen molar-refractivity contribution in [3.8, 4) is 11.5 Å². The number of benzene rings is 1. The summed E-state index contributed by atoms with van der Waals surface area (Å²) in [6.07, 6.45) is 5.01. The quantitative estimate of drug-likeness (QED) is 0.649. The van der Waals surface area contributed by atoms with E-state index in [0.29, 0.717) is 37.6 Å². The maximum atomic E-state index is 12.7. The molecule has 0 radical (unpaired) electrons. The van der Waals surface area contributed by atoms with Gasteiger partial charge in [-0.05, 0) is 32.0 Å². The normalized spacial score (nSPS) is 19.3. The van der Waals surface area contributed by atoms with Crippen molar-refractivity contribution in [1.29, 1.82) is 0 Å². The van der Waals surface area contributed by atoms with E-state index in [-0.39, 0.29) is 30.4 Å². The van der Waals surface area contributed by atoms with Crippen molar-refractivity contribution in [2.45, 2.75) is 25.4 Å². The molecule has 1 aromatic carbocycles. The first-order valence-corrected chi connectivity index (χ1v) is 10.4. The summed E-state index contributed by atoms with van der Waals surface area (Å²) in [6, 6.07) is 7.12. The Morgan fingerprint density at radius 1 is 1.19 bits per heavy atom. The number of nitrogens with one attached hydrogen (secondary N) is 2. The number of nitrogens with zero attached hydrogens (tertiary/aromatic N) is 3. The van der Waals surface area contributed by atoms with Gasteiger partial charge in [0.2, 0.25) is 5.91 Å². The monoisotopic (exact) mass is 429 g/mol. The molecule has 1 aliphatic rings. The molecule has 9 nitrogen and oxygen atoms in total. The van der Waals surface area contributed by atoms with Gasteiger partial charge < -0.3 is 29.6 Å². The van der Waals surface area contributed by atoms with Crippen LogP contribution in [0.5, 0.6) is 11.5 Å². The third-order valence-electron chi connectivity index (χ3n) is 5.42. The van der Waals surface area contributed by atoms with Gasteiger partial charge in [0.25, 0.3) is 5.91 Å². The Kier molecular flexibility index (Phi) is 7.88. The second-order valence-corrected chi connectivity index (χ2v) is 7.90. The summed E-state index contributed by atoms with van der Waals surface area (Å²) in [5.41, 5.74) is 0. The molecule has 0 spiro atoms. The molecular formula is C22H31N5O4. The number of methoxy groups -OCH3 is 1. The van der Waals surface area contributed by atoms with Crippen LogP contribution in [-0.2, 0) is 23.2 Å². The van der Waals surface area contributed by atoms with Crippen LogP contribution in [0, 0.1) is 5.92 Å². The van der Waals surface area contributed by atoms with Gasteiger partial charge in [-0.3, -0.25) is 9.59 Å². The summed E-state index contributed by atoms with van der Waals surface area (Å²) >= 11 is 0. The number of aromatic nitrogens is 2. The van der Waals surface area contributed by atoms with E-state index in [2.05, 4.69) is 20.5 Å². The largest absolute Gasteiger partial charge is 0.497 e. The Morgan fingerprint density at radius 2 is 2.00 bits per heavy atom. The first kappa shape index (κ1) is 22.6. The first-order chi connectivity index (χ1) is 14.9. The number of ether oxygens (including phenoxy) is 2. The summed E-state index contributed by atoms with van der Waals surface area (Å²) < 4.78 is 12.6. The minimum atomic E-state index is -0.182. The molecule has 0 saturated carbocycles. The molecule has 2 atom stereocenters. The number of aryl methyl sites for hydroxylation is 1. The zero-order valence-electron chi connectivity index (χ0n) is 18.3. The number of imidazole rings is 1.